The number of hydrogen-bond donors (Lipinski definition) is 0. The predicted octanol–water partition coefficient (Wildman–Crippen LogP) is 2.90. The molecule has 2 aromatic rings. The highest BCUT2D eigenvalue weighted by Crippen LogP contribution is 2.23. The fraction of sp³-hybridized carbons (Fsp3) is 0.267. The molecule has 0 saturated heterocycles. The van der Waals surface area contributed by atoms with E-state index in [0.29, 0.717) is 11.2 Å². The Balaban J connectivity index is 2.27. The van der Waals surface area contributed by atoms with Crippen LogP contribution in [0.25, 0.3) is 11.2 Å². The summed E-state index contributed by atoms with van der Waals surface area (Å²) >= 11 is 0. The normalized spacial score (nSPS) is 14.4. The van der Waals surface area contributed by atoms with E-state index in [1.807, 2.05) is 13.0 Å². The lowest BCUT2D eigenvalue weighted by atomic mass is 10.0. The van der Waals surface area contributed by atoms with Gasteiger partial charge in [-0.25, -0.2) is 9.50 Å². The molecule has 0 amide bonds. The molecule has 3 rings (SSSR count). The van der Waals surface area contributed by atoms with E-state index >= 15 is 0 Å². The van der Waals surface area contributed by atoms with Crippen molar-refractivity contribution in [1.29, 1.82) is 5.26 Å². The highest BCUT2D eigenvalue weighted by Gasteiger charge is 2.15. The Labute approximate surface area is 111 Å². The number of nitrogens with zero attached hydrogens (tertiary/aromatic N) is 4. The smallest absolute Gasteiger partial charge is 0.173 e. The van der Waals surface area contributed by atoms with E-state index in [2.05, 4.69) is 34.4 Å². The van der Waals surface area contributed by atoms with Crippen LogP contribution < -0.4 is 0 Å². The standard InChI is InChI=1S/C15H14N4/c1-2-13-12(10-16)15-17-9-8-14(19(15)18-13)11-6-4-3-5-7-11/h4,6-9H,2-3,5H2,1H3. The van der Waals surface area contributed by atoms with Crippen LogP contribution in [0.5, 0.6) is 0 Å². The summed E-state index contributed by atoms with van der Waals surface area (Å²) in [7, 11) is 0. The summed E-state index contributed by atoms with van der Waals surface area (Å²) in [5.41, 5.74) is 4.19. The van der Waals surface area contributed by atoms with E-state index in [0.717, 1.165) is 36.2 Å². The molecule has 4 nitrogen and oxygen atoms in total. The van der Waals surface area contributed by atoms with E-state index in [9.17, 15) is 5.26 Å². The number of fused-ring (bicyclic) bond motifs is 1. The van der Waals surface area contributed by atoms with Crippen LogP contribution >= 0.6 is 0 Å². The van der Waals surface area contributed by atoms with Gasteiger partial charge in [0.2, 0.25) is 0 Å². The Morgan fingerprint density at radius 2 is 2.32 bits per heavy atom. The number of nitriles is 1. The van der Waals surface area contributed by atoms with Crippen molar-refractivity contribution in [1.82, 2.24) is 14.6 Å². The van der Waals surface area contributed by atoms with Gasteiger partial charge in [-0.15, -0.1) is 0 Å². The molecule has 1 aliphatic rings. The number of aryl methyl sites for hydroxylation is 1. The highest BCUT2D eigenvalue weighted by atomic mass is 15.3. The maximum atomic E-state index is 9.27. The lowest BCUT2D eigenvalue weighted by Crippen LogP contribution is -2.00. The van der Waals surface area contributed by atoms with Gasteiger partial charge in [-0.2, -0.15) is 10.4 Å². The lowest BCUT2D eigenvalue weighted by Gasteiger charge is -2.08. The molecule has 4 heteroatoms. The van der Waals surface area contributed by atoms with Crippen LogP contribution in [0.2, 0.25) is 0 Å². The van der Waals surface area contributed by atoms with Crippen molar-refractivity contribution in [2.24, 2.45) is 0 Å². The van der Waals surface area contributed by atoms with Gasteiger partial charge in [0.25, 0.3) is 0 Å². The zero-order valence-corrected chi connectivity index (χ0v) is 10.8. The van der Waals surface area contributed by atoms with Crippen molar-refractivity contribution in [2.75, 3.05) is 0 Å². The number of aromatic nitrogens is 3. The summed E-state index contributed by atoms with van der Waals surface area (Å²) in [6, 6.07) is 4.16. The van der Waals surface area contributed by atoms with Crippen LogP contribution in [-0.2, 0) is 6.42 Å². The van der Waals surface area contributed by atoms with Gasteiger partial charge in [0.15, 0.2) is 5.65 Å². The minimum Gasteiger partial charge on any atom is -0.236 e. The SMILES string of the molecule is CCc1nn2c(C3=CCCC=C3)ccnc2c1C#N. The second-order valence-electron chi connectivity index (χ2n) is 4.49. The average Bonchev–Trinajstić information content (AvgIpc) is 2.85. The Kier molecular flexibility index (Phi) is 2.88. The first kappa shape index (κ1) is 11.7. The van der Waals surface area contributed by atoms with E-state index in [1.165, 1.54) is 0 Å². The van der Waals surface area contributed by atoms with Crippen molar-refractivity contribution in [2.45, 2.75) is 26.2 Å². The molecule has 0 N–H and O–H groups in total. The van der Waals surface area contributed by atoms with E-state index in [-0.39, 0.29) is 0 Å². The summed E-state index contributed by atoms with van der Waals surface area (Å²) in [6.07, 6.45) is 11.1. The Morgan fingerprint density at radius 3 is 3.00 bits per heavy atom. The molecule has 0 unspecified atom stereocenters. The molecule has 0 bridgehead atoms. The third-order valence-electron chi connectivity index (χ3n) is 3.33. The van der Waals surface area contributed by atoms with Crippen molar-refractivity contribution in [3.8, 4) is 6.07 Å². The summed E-state index contributed by atoms with van der Waals surface area (Å²) in [6.45, 7) is 2.00. The molecule has 0 saturated carbocycles. The van der Waals surface area contributed by atoms with Crippen molar-refractivity contribution in [3.05, 3.63) is 47.4 Å². The van der Waals surface area contributed by atoms with Crippen molar-refractivity contribution >= 4 is 11.2 Å². The largest absolute Gasteiger partial charge is 0.236 e. The first-order chi connectivity index (χ1) is 9.35. The van der Waals surface area contributed by atoms with Gasteiger partial charge in [-0.3, -0.25) is 0 Å². The molecular weight excluding hydrogens is 236 g/mol. The van der Waals surface area contributed by atoms with Crippen LogP contribution in [0.15, 0.2) is 30.5 Å². The zero-order valence-electron chi connectivity index (χ0n) is 10.8. The van der Waals surface area contributed by atoms with E-state index in [1.54, 1.807) is 10.7 Å². The van der Waals surface area contributed by atoms with Gasteiger partial charge >= 0.3 is 0 Å². The van der Waals surface area contributed by atoms with E-state index in [4.69, 9.17) is 0 Å². The quantitative estimate of drug-likeness (QED) is 0.823. The molecule has 19 heavy (non-hydrogen) atoms. The monoisotopic (exact) mass is 250 g/mol. The Hall–Kier alpha value is -2.41. The minimum atomic E-state index is 0.588. The van der Waals surface area contributed by atoms with Gasteiger partial charge in [0.1, 0.15) is 11.6 Å². The molecular formula is C15H14N4. The zero-order chi connectivity index (χ0) is 13.2. The Bertz CT molecular complexity index is 728. The molecule has 2 heterocycles. The summed E-state index contributed by atoms with van der Waals surface area (Å²) in [4.78, 5) is 4.30. The molecule has 0 atom stereocenters. The molecule has 2 aromatic heterocycles. The molecule has 0 spiro atoms. The Morgan fingerprint density at radius 1 is 1.42 bits per heavy atom. The lowest BCUT2D eigenvalue weighted by molar-refractivity contribution is 0.872. The fourth-order valence-electron chi connectivity index (χ4n) is 2.37. The van der Waals surface area contributed by atoms with Crippen LogP contribution in [0.3, 0.4) is 0 Å². The number of allylic oxidation sites excluding steroid dienone is 4. The second-order valence-corrected chi connectivity index (χ2v) is 4.49. The van der Waals surface area contributed by atoms with Gasteiger partial charge in [0, 0.05) is 6.20 Å². The first-order valence-electron chi connectivity index (χ1n) is 6.49. The maximum Gasteiger partial charge on any atom is 0.173 e. The topological polar surface area (TPSA) is 54.0 Å². The highest BCUT2D eigenvalue weighted by molar-refractivity contribution is 5.74. The van der Waals surface area contributed by atoms with Gasteiger partial charge in [-0.05, 0) is 30.9 Å². The minimum absolute atomic E-state index is 0.588. The molecule has 0 fully saturated rings. The summed E-state index contributed by atoms with van der Waals surface area (Å²) in [5.74, 6) is 0. The van der Waals surface area contributed by atoms with Crippen LogP contribution in [0, 0.1) is 11.3 Å². The summed E-state index contributed by atoms with van der Waals surface area (Å²) in [5, 5.41) is 13.8. The molecule has 0 radical (unpaired) electrons. The second kappa shape index (κ2) is 4.69. The molecule has 0 aliphatic heterocycles. The third kappa shape index (κ3) is 1.84. The molecule has 1 aliphatic carbocycles. The molecule has 94 valence electrons. The van der Waals surface area contributed by atoms with Crippen molar-refractivity contribution < 1.29 is 0 Å². The van der Waals surface area contributed by atoms with Crippen molar-refractivity contribution in [3.63, 3.8) is 0 Å². The maximum absolute atomic E-state index is 9.27. The van der Waals surface area contributed by atoms with Gasteiger partial charge in [-0.1, -0.05) is 25.2 Å². The summed E-state index contributed by atoms with van der Waals surface area (Å²) < 4.78 is 1.79. The fourth-order valence-corrected chi connectivity index (χ4v) is 2.37. The number of rotatable bonds is 2. The van der Waals surface area contributed by atoms with Gasteiger partial charge < -0.3 is 0 Å². The van der Waals surface area contributed by atoms with Crippen LogP contribution in [0.1, 0.15) is 36.7 Å². The van der Waals surface area contributed by atoms with E-state index < -0.39 is 0 Å². The average molecular weight is 250 g/mol. The van der Waals surface area contributed by atoms with Gasteiger partial charge in [0.05, 0.1) is 11.4 Å². The third-order valence-corrected chi connectivity index (χ3v) is 3.33. The molecule has 0 aromatic carbocycles. The number of hydrogen-bond acceptors (Lipinski definition) is 3. The first-order valence-corrected chi connectivity index (χ1v) is 6.49. The van der Waals surface area contributed by atoms with Crippen LogP contribution in [0.4, 0.5) is 0 Å². The van der Waals surface area contributed by atoms with Crippen LogP contribution in [-0.4, -0.2) is 14.6 Å². The predicted molar refractivity (Wildman–Crippen MR) is 73.4 cm³/mol.